The number of rotatable bonds is 5. The van der Waals surface area contributed by atoms with Gasteiger partial charge in [-0.1, -0.05) is 39.3 Å². The molecule has 0 saturated carbocycles. The zero-order valence-corrected chi connectivity index (χ0v) is 13.5. The van der Waals surface area contributed by atoms with E-state index in [1.54, 1.807) is 0 Å². The Morgan fingerprint density at radius 1 is 1.15 bits per heavy atom. The summed E-state index contributed by atoms with van der Waals surface area (Å²) in [6, 6.07) is 10.5. The van der Waals surface area contributed by atoms with E-state index in [0.717, 1.165) is 13.1 Å². The summed E-state index contributed by atoms with van der Waals surface area (Å²) in [5, 5.41) is 3.64. The number of nitrogens with one attached hydrogen (secondary N) is 1. The summed E-state index contributed by atoms with van der Waals surface area (Å²) in [6.45, 7) is 11.4. The molecule has 0 radical (unpaired) electrons. The molecule has 2 rings (SSSR count). The van der Waals surface area contributed by atoms with Crippen LogP contribution in [0.4, 0.5) is 5.69 Å². The second-order valence-corrected chi connectivity index (χ2v) is 6.16. The minimum Gasteiger partial charge on any atom is -0.368 e. The van der Waals surface area contributed by atoms with Crippen molar-refractivity contribution in [3.63, 3.8) is 0 Å². The molecular weight excluding hydrogens is 244 g/mol. The molecule has 1 aliphatic heterocycles. The second-order valence-electron chi connectivity index (χ2n) is 6.16. The average molecular weight is 274 g/mol. The average Bonchev–Trinajstić information content (AvgIpc) is 2.46. The number of piperidine rings is 1. The van der Waals surface area contributed by atoms with Crippen molar-refractivity contribution in [2.45, 2.75) is 59.0 Å². The van der Waals surface area contributed by atoms with E-state index in [2.05, 4.69) is 62.2 Å². The van der Waals surface area contributed by atoms with Gasteiger partial charge in [-0.2, -0.15) is 0 Å². The maximum Gasteiger partial charge on any atom is 0.0368 e. The van der Waals surface area contributed by atoms with Gasteiger partial charge in [0.05, 0.1) is 0 Å². The molecule has 0 amide bonds. The fraction of sp³-hybridized carbons (Fsp3) is 0.667. The summed E-state index contributed by atoms with van der Waals surface area (Å²) in [7, 11) is 0. The number of hydrogen-bond acceptors (Lipinski definition) is 2. The first-order valence-corrected chi connectivity index (χ1v) is 8.26. The van der Waals surface area contributed by atoms with Crippen molar-refractivity contribution in [1.29, 1.82) is 0 Å². The molecule has 0 aliphatic carbocycles. The Bertz CT molecular complexity index is 398. The maximum atomic E-state index is 3.64. The Morgan fingerprint density at radius 3 is 2.45 bits per heavy atom. The van der Waals surface area contributed by atoms with E-state index < -0.39 is 0 Å². The molecule has 1 heterocycles. The predicted octanol–water partition coefficient (Wildman–Crippen LogP) is 3.85. The second kappa shape index (κ2) is 7.12. The van der Waals surface area contributed by atoms with E-state index in [1.807, 2.05) is 0 Å². The molecule has 1 saturated heterocycles. The van der Waals surface area contributed by atoms with Gasteiger partial charge in [0.2, 0.25) is 0 Å². The summed E-state index contributed by atoms with van der Waals surface area (Å²) >= 11 is 0. The van der Waals surface area contributed by atoms with Crippen LogP contribution in [0.5, 0.6) is 0 Å². The van der Waals surface area contributed by atoms with Crippen molar-refractivity contribution < 1.29 is 0 Å². The van der Waals surface area contributed by atoms with Crippen LogP contribution >= 0.6 is 0 Å². The van der Waals surface area contributed by atoms with Crippen molar-refractivity contribution in [3.8, 4) is 0 Å². The van der Waals surface area contributed by atoms with Crippen LogP contribution in [0.15, 0.2) is 24.3 Å². The molecule has 1 N–H and O–H groups in total. The Morgan fingerprint density at radius 2 is 1.85 bits per heavy atom. The van der Waals surface area contributed by atoms with E-state index in [0.29, 0.717) is 18.0 Å². The monoisotopic (exact) mass is 274 g/mol. The zero-order chi connectivity index (χ0) is 14.5. The molecule has 20 heavy (non-hydrogen) atoms. The van der Waals surface area contributed by atoms with Crippen LogP contribution in [0.1, 0.15) is 46.1 Å². The third-order valence-corrected chi connectivity index (χ3v) is 4.84. The molecule has 3 unspecified atom stereocenters. The first-order chi connectivity index (χ1) is 9.67. The lowest BCUT2D eigenvalue weighted by atomic mass is 9.86. The van der Waals surface area contributed by atoms with Crippen molar-refractivity contribution in [1.82, 2.24) is 5.32 Å². The smallest absolute Gasteiger partial charge is 0.0368 e. The van der Waals surface area contributed by atoms with Crippen molar-refractivity contribution in [3.05, 3.63) is 29.8 Å². The largest absolute Gasteiger partial charge is 0.368 e. The number of anilines is 1. The Balaban J connectivity index is 2.05. The third kappa shape index (κ3) is 3.35. The molecule has 1 aliphatic rings. The first-order valence-electron chi connectivity index (χ1n) is 8.26. The molecule has 112 valence electrons. The predicted molar refractivity (Wildman–Crippen MR) is 88.5 cm³/mol. The molecule has 0 spiro atoms. The molecular formula is C18H30N2. The van der Waals surface area contributed by atoms with Crippen LogP contribution in [-0.2, 0) is 6.42 Å². The van der Waals surface area contributed by atoms with Crippen molar-refractivity contribution in [2.75, 3.05) is 18.0 Å². The molecule has 0 bridgehead atoms. The van der Waals surface area contributed by atoms with Gasteiger partial charge in [0, 0.05) is 24.3 Å². The summed E-state index contributed by atoms with van der Waals surface area (Å²) in [6.07, 6.45) is 3.66. The van der Waals surface area contributed by atoms with E-state index in [-0.39, 0.29) is 0 Å². The molecule has 2 heteroatoms. The summed E-state index contributed by atoms with van der Waals surface area (Å²) < 4.78 is 0. The van der Waals surface area contributed by atoms with Crippen molar-refractivity contribution >= 4 is 5.69 Å². The van der Waals surface area contributed by atoms with Crippen LogP contribution in [0, 0.1) is 5.92 Å². The van der Waals surface area contributed by atoms with E-state index in [4.69, 9.17) is 0 Å². The van der Waals surface area contributed by atoms with E-state index >= 15 is 0 Å². The van der Waals surface area contributed by atoms with Crippen LogP contribution in [0.2, 0.25) is 0 Å². The van der Waals surface area contributed by atoms with Crippen LogP contribution in [0.3, 0.4) is 0 Å². The lowest BCUT2D eigenvalue weighted by Crippen LogP contribution is -2.53. The van der Waals surface area contributed by atoms with Gasteiger partial charge in [0.1, 0.15) is 0 Å². The fourth-order valence-corrected chi connectivity index (χ4v) is 3.42. The normalized spacial score (nSPS) is 26.8. The van der Waals surface area contributed by atoms with Gasteiger partial charge in [0.25, 0.3) is 0 Å². The highest BCUT2D eigenvalue weighted by molar-refractivity contribution is 5.49. The Labute approximate surface area is 124 Å². The first kappa shape index (κ1) is 15.4. The minimum absolute atomic E-state index is 0.602. The van der Waals surface area contributed by atoms with E-state index in [1.165, 1.54) is 30.5 Å². The number of benzene rings is 1. The number of nitrogens with zero attached hydrogens (tertiary/aromatic N) is 1. The quantitative estimate of drug-likeness (QED) is 0.877. The minimum atomic E-state index is 0.602. The topological polar surface area (TPSA) is 15.3 Å². The molecule has 1 fully saturated rings. The summed E-state index contributed by atoms with van der Waals surface area (Å²) in [4.78, 5) is 2.58. The number of hydrogen-bond donors (Lipinski definition) is 1. The number of aryl methyl sites for hydroxylation is 1. The fourth-order valence-electron chi connectivity index (χ4n) is 3.42. The van der Waals surface area contributed by atoms with Crippen molar-refractivity contribution in [2.24, 2.45) is 5.92 Å². The SMILES string of the molecule is CCCc1ccc(N2CCC(NCC)C(C)C2C)cc1. The van der Waals surface area contributed by atoms with Crippen LogP contribution in [-0.4, -0.2) is 25.2 Å². The van der Waals surface area contributed by atoms with Gasteiger partial charge in [-0.25, -0.2) is 0 Å². The Hall–Kier alpha value is -1.02. The van der Waals surface area contributed by atoms with Crippen LogP contribution < -0.4 is 10.2 Å². The lowest BCUT2D eigenvalue weighted by Gasteiger charge is -2.44. The van der Waals surface area contributed by atoms with Gasteiger partial charge < -0.3 is 10.2 Å². The van der Waals surface area contributed by atoms with Gasteiger partial charge in [-0.05, 0) is 49.9 Å². The Kier molecular flexibility index (Phi) is 5.47. The maximum absolute atomic E-state index is 3.64. The van der Waals surface area contributed by atoms with Crippen LogP contribution in [0.25, 0.3) is 0 Å². The summed E-state index contributed by atoms with van der Waals surface area (Å²) in [5.41, 5.74) is 2.85. The molecule has 1 aromatic rings. The highest BCUT2D eigenvalue weighted by atomic mass is 15.2. The standard InChI is InChI=1S/C18H30N2/c1-5-7-16-8-10-17(11-9-16)20-13-12-18(19-6-2)14(3)15(20)4/h8-11,14-15,18-19H,5-7,12-13H2,1-4H3. The molecule has 3 atom stereocenters. The van der Waals surface area contributed by atoms with Gasteiger partial charge >= 0.3 is 0 Å². The molecule has 0 aromatic heterocycles. The third-order valence-electron chi connectivity index (χ3n) is 4.84. The highest BCUT2D eigenvalue weighted by Crippen LogP contribution is 2.29. The zero-order valence-electron chi connectivity index (χ0n) is 13.5. The molecule has 2 nitrogen and oxygen atoms in total. The van der Waals surface area contributed by atoms with Gasteiger partial charge in [-0.15, -0.1) is 0 Å². The summed E-state index contributed by atoms with van der Waals surface area (Å²) in [5.74, 6) is 0.694. The highest BCUT2D eigenvalue weighted by Gasteiger charge is 2.31. The van der Waals surface area contributed by atoms with Gasteiger partial charge in [0.15, 0.2) is 0 Å². The molecule has 1 aromatic carbocycles. The van der Waals surface area contributed by atoms with Gasteiger partial charge in [-0.3, -0.25) is 0 Å². The lowest BCUT2D eigenvalue weighted by molar-refractivity contribution is 0.274. The van der Waals surface area contributed by atoms with E-state index in [9.17, 15) is 0 Å².